The Balaban J connectivity index is 1.35. The van der Waals surface area contributed by atoms with Crippen LogP contribution in [0.15, 0.2) is 16.9 Å². The third-order valence-electron chi connectivity index (χ3n) is 5.96. The van der Waals surface area contributed by atoms with E-state index in [1.54, 1.807) is 6.07 Å². The number of aromatic amines is 1. The summed E-state index contributed by atoms with van der Waals surface area (Å²) in [4.78, 5) is 28.5. The molecule has 0 radical (unpaired) electrons. The number of likely N-dealkylation sites (tertiary alicyclic amines) is 1. The fourth-order valence-electron chi connectivity index (χ4n) is 4.88. The van der Waals surface area contributed by atoms with Crippen molar-refractivity contribution in [3.63, 3.8) is 0 Å². The Kier molecular flexibility index (Phi) is 4.39. The molecule has 0 saturated carbocycles. The highest BCUT2D eigenvalue weighted by molar-refractivity contribution is 5.76. The summed E-state index contributed by atoms with van der Waals surface area (Å²) in [6.45, 7) is 4.27. The Bertz CT molecular complexity index is 638. The van der Waals surface area contributed by atoms with Crippen molar-refractivity contribution in [1.82, 2.24) is 20.0 Å². The zero-order chi connectivity index (χ0) is 16.5. The average Bonchev–Trinajstić information content (AvgIpc) is 2.61. The molecule has 3 aliphatic heterocycles. The lowest BCUT2D eigenvalue weighted by atomic mass is 9.76. The van der Waals surface area contributed by atoms with E-state index in [9.17, 15) is 9.59 Å². The highest BCUT2D eigenvalue weighted by Crippen LogP contribution is 2.37. The van der Waals surface area contributed by atoms with E-state index in [1.807, 2.05) is 0 Å². The molecule has 2 bridgehead atoms. The summed E-state index contributed by atoms with van der Waals surface area (Å²) in [5, 5.41) is 6.42. The Labute approximate surface area is 142 Å². The van der Waals surface area contributed by atoms with Gasteiger partial charge in [0.1, 0.15) is 0 Å². The van der Waals surface area contributed by atoms with Crippen LogP contribution in [0.3, 0.4) is 0 Å². The van der Waals surface area contributed by atoms with Crippen LogP contribution in [0.5, 0.6) is 0 Å². The summed E-state index contributed by atoms with van der Waals surface area (Å²) in [7, 11) is 0. The van der Waals surface area contributed by atoms with Crippen LogP contribution in [0.4, 0.5) is 0 Å². The van der Waals surface area contributed by atoms with Gasteiger partial charge in [-0.15, -0.1) is 0 Å². The monoisotopic (exact) mass is 330 g/mol. The summed E-state index contributed by atoms with van der Waals surface area (Å²) < 4.78 is 0. The van der Waals surface area contributed by atoms with E-state index >= 15 is 0 Å². The Morgan fingerprint density at radius 1 is 1.25 bits per heavy atom. The quantitative estimate of drug-likeness (QED) is 0.899. The highest BCUT2D eigenvalue weighted by atomic mass is 16.2. The number of H-pyrrole nitrogens is 1. The molecule has 3 saturated heterocycles. The van der Waals surface area contributed by atoms with Gasteiger partial charge in [-0.25, -0.2) is 5.10 Å². The van der Waals surface area contributed by atoms with Crippen LogP contribution in [0.25, 0.3) is 0 Å². The van der Waals surface area contributed by atoms with E-state index in [2.05, 4.69) is 20.0 Å². The third-order valence-corrected chi connectivity index (χ3v) is 5.96. The zero-order valence-electron chi connectivity index (χ0n) is 14.1. The standard InChI is InChI=1S/C18H26N4O2/c23-17-6-4-15(19-20-17)5-7-18(24)22-11-13-9-14(12-22)16-3-1-2-8-21(16)10-13/h4,6,13-14,16H,1-3,5,7-12H2,(H,20,23)/t13-,14-,16+/m1/s1. The second-order valence-electron chi connectivity index (χ2n) is 7.63. The Morgan fingerprint density at radius 2 is 2.17 bits per heavy atom. The third kappa shape index (κ3) is 3.24. The first kappa shape index (κ1) is 15.8. The van der Waals surface area contributed by atoms with E-state index < -0.39 is 0 Å². The van der Waals surface area contributed by atoms with Crippen LogP contribution in [-0.4, -0.2) is 58.1 Å². The fraction of sp³-hybridized carbons (Fsp3) is 0.722. The van der Waals surface area contributed by atoms with Gasteiger partial charge in [0.05, 0.1) is 5.69 Å². The summed E-state index contributed by atoms with van der Waals surface area (Å²) >= 11 is 0. The molecule has 130 valence electrons. The van der Waals surface area contributed by atoms with Crippen LogP contribution in [0, 0.1) is 11.8 Å². The molecule has 1 aromatic heterocycles. The minimum atomic E-state index is -0.203. The lowest BCUT2D eigenvalue weighted by molar-refractivity contribution is -0.137. The molecule has 1 N–H and O–H groups in total. The summed E-state index contributed by atoms with van der Waals surface area (Å²) in [6.07, 6.45) is 6.36. The van der Waals surface area contributed by atoms with Gasteiger partial charge in [-0.05, 0) is 43.7 Å². The van der Waals surface area contributed by atoms with E-state index in [0.29, 0.717) is 30.7 Å². The number of carbonyl (C=O) groups excluding carboxylic acids is 1. The summed E-state index contributed by atoms with van der Waals surface area (Å²) in [5.74, 6) is 1.54. The molecule has 3 atom stereocenters. The topological polar surface area (TPSA) is 69.3 Å². The highest BCUT2D eigenvalue weighted by Gasteiger charge is 2.42. The van der Waals surface area contributed by atoms with Crippen molar-refractivity contribution in [2.45, 2.75) is 44.6 Å². The maximum Gasteiger partial charge on any atom is 0.264 e. The second-order valence-corrected chi connectivity index (χ2v) is 7.63. The smallest absolute Gasteiger partial charge is 0.264 e. The first-order valence-electron chi connectivity index (χ1n) is 9.25. The lowest BCUT2D eigenvalue weighted by Gasteiger charge is -2.52. The van der Waals surface area contributed by atoms with Gasteiger partial charge < -0.3 is 4.90 Å². The Hall–Kier alpha value is -1.69. The molecule has 0 aliphatic carbocycles. The molecule has 6 nitrogen and oxygen atoms in total. The van der Waals surface area contributed by atoms with Gasteiger partial charge in [-0.1, -0.05) is 6.42 Å². The molecule has 3 aliphatic rings. The van der Waals surface area contributed by atoms with Crippen LogP contribution in [0.1, 0.15) is 37.8 Å². The number of aromatic nitrogens is 2. The molecule has 0 aromatic carbocycles. The van der Waals surface area contributed by atoms with Crippen molar-refractivity contribution in [1.29, 1.82) is 0 Å². The number of carbonyl (C=O) groups is 1. The van der Waals surface area contributed by atoms with Crippen molar-refractivity contribution in [3.8, 4) is 0 Å². The van der Waals surface area contributed by atoms with Gasteiger partial charge in [0, 0.05) is 44.6 Å². The van der Waals surface area contributed by atoms with E-state index in [0.717, 1.165) is 18.8 Å². The number of nitrogens with one attached hydrogen (secondary N) is 1. The van der Waals surface area contributed by atoms with Gasteiger partial charge in [0.25, 0.3) is 5.56 Å². The van der Waals surface area contributed by atoms with Gasteiger partial charge in [-0.2, -0.15) is 5.10 Å². The molecule has 3 fully saturated rings. The number of fused-ring (bicyclic) bond motifs is 4. The lowest BCUT2D eigenvalue weighted by Crippen LogP contribution is -2.59. The normalized spacial score (nSPS) is 30.0. The van der Waals surface area contributed by atoms with Gasteiger partial charge in [-0.3, -0.25) is 14.5 Å². The number of piperidine rings is 3. The number of nitrogens with zero attached hydrogens (tertiary/aromatic N) is 3. The van der Waals surface area contributed by atoms with Crippen LogP contribution in [-0.2, 0) is 11.2 Å². The van der Waals surface area contributed by atoms with Gasteiger partial charge in [0.2, 0.25) is 5.91 Å². The number of hydrogen-bond donors (Lipinski definition) is 1. The maximum atomic E-state index is 12.6. The summed E-state index contributed by atoms with van der Waals surface area (Å²) in [5.41, 5.74) is 0.574. The van der Waals surface area contributed by atoms with Crippen molar-refractivity contribution in [2.75, 3.05) is 26.2 Å². The van der Waals surface area contributed by atoms with Crippen molar-refractivity contribution < 1.29 is 4.79 Å². The van der Waals surface area contributed by atoms with Crippen molar-refractivity contribution >= 4 is 5.91 Å². The molecule has 1 amide bonds. The molecule has 4 rings (SSSR count). The van der Waals surface area contributed by atoms with Crippen LogP contribution in [0.2, 0.25) is 0 Å². The minimum Gasteiger partial charge on any atom is -0.342 e. The number of rotatable bonds is 3. The predicted molar refractivity (Wildman–Crippen MR) is 90.6 cm³/mol. The van der Waals surface area contributed by atoms with Crippen LogP contribution < -0.4 is 5.56 Å². The zero-order valence-corrected chi connectivity index (χ0v) is 14.1. The fourth-order valence-corrected chi connectivity index (χ4v) is 4.88. The molecule has 0 spiro atoms. The SMILES string of the molecule is O=C(CCc1ccc(=O)[nH]n1)N1C[C@@H]2C[C@H](C1)[C@@H]1CCCCN1C2. The van der Waals surface area contributed by atoms with E-state index in [1.165, 1.54) is 44.8 Å². The number of hydrogen-bond acceptors (Lipinski definition) is 4. The molecular formula is C18H26N4O2. The van der Waals surface area contributed by atoms with E-state index in [4.69, 9.17) is 0 Å². The first-order valence-corrected chi connectivity index (χ1v) is 9.25. The summed E-state index contributed by atoms with van der Waals surface area (Å²) in [6, 6.07) is 3.87. The minimum absolute atomic E-state index is 0.203. The molecule has 0 unspecified atom stereocenters. The average molecular weight is 330 g/mol. The van der Waals surface area contributed by atoms with Crippen molar-refractivity contribution in [3.05, 3.63) is 28.2 Å². The predicted octanol–water partition coefficient (Wildman–Crippen LogP) is 1.04. The van der Waals surface area contributed by atoms with Gasteiger partial charge in [0.15, 0.2) is 0 Å². The molecule has 24 heavy (non-hydrogen) atoms. The number of aryl methyl sites for hydroxylation is 1. The first-order chi connectivity index (χ1) is 11.7. The molecule has 1 aromatic rings. The molecular weight excluding hydrogens is 304 g/mol. The molecule has 6 heteroatoms. The Morgan fingerprint density at radius 3 is 3.00 bits per heavy atom. The molecule has 4 heterocycles. The van der Waals surface area contributed by atoms with E-state index in [-0.39, 0.29) is 11.5 Å². The largest absolute Gasteiger partial charge is 0.342 e. The number of amides is 1. The maximum absolute atomic E-state index is 12.6. The van der Waals surface area contributed by atoms with Gasteiger partial charge >= 0.3 is 0 Å². The van der Waals surface area contributed by atoms with Crippen molar-refractivity contribution in [2.24, 2.45) is 11.8 Å². The second kappa shape index (κ2) is 6.67. The van der Waals surface area contributed by atoms with Crippen LogP contribution >= 0.6 is 0 Å².